The summed E-state index contributed by atoms with van der Waals surface area (Å²) < 4.78 is 6.33. The highest BCUT2D eigenvalue weighted by atomic mass is 16.6. The van der Waals surface area contributed by atoms with Crippen LogP contribution in [0, 0.1) is 17.8 Å². The quantitative estimate of drug-likeness (QED) is 0.482. The van der Waals surface area contributed by atoms with Crippen LogP contribution in [-0.2, 0) is 4.74 Å². The molecule has 5 atom stereocenters. The summed E-state index contributed by atoms with van der Waals surface area (Å²) in [6, 6.07) is 0. The van der Waals surface area contributed by atoms with Crippen LogP contribution in [0.2, 0.25) is 0 Å². The molecule has 2 saturated carbocycles. The van der Waals surface area contributed by atoms with Crippen molar-refractivity contribution in [3.8, 4) is 0 Å². The van der Waals surface area contributed by atoms with E-state index >= 15 is 0 Å². The summed E-state index contributed by atoms with van der Waals surface area (Å²) in [4.78, 5) is 0. The summed E-state index contributed by atoms with van der Waals surface area (Å²) in [6.07, 6.45) is 6.57. The van der Waals surface area contributed by atoms with Crippen LogP contribution in [0.15, 0.2) is 12.2 Å². The Hall–Kier alpha value is -0.300. The zero-order chi connectivity index (χ0) is 11.6. The van der Waals surface area contributed by atoms with E-state index in [1.807, 2.05) is 0 Å². The van der Waals surface area contributed by atoms with E-state index in [1.54, 1.807) is 0 Å². The molecule has 3 aliphatic rings. The summed E-state index contributed by atoms with van der Waals surface area (Å²) >= 11 is 0. The minimum Gasteiger partial charge on any atom is -0.362 e. The molecule has 3 rings (SSSR count). The van der Waals surface area contributed by atoms with Gasteiger partial charge in [0.1, 0.15) is 11.2 Å². The molecule has 1 saturated heterocycles. The third-order valence-corrected chi connectivity index (χ3v) is 5.77. The Bertz CT molecular complexity index is 334. The molecule has 0 N–H and O–H groups in total. The fourth-order valence-corrected chi connectivity index (χ4v) is 4.50. The summed E-state index contributed by atoms with van der Waals surface area (Å²) in [5.41, 5.74) is 1.88. The summed E-state index contributed by atoms with van der Waals surface area (Å²) in [6.45, 7) is 11.2. The molecule has 1 nitrogen and oxygen atoms in total. The molecule has 2 unspecified atom stereocenters. The lowest BCUT2D eigenvalue weighted by atomic mass is 9.79. The van der Waals surface area contributed by atoms with E-state index in [2.05, 4.69) is 27.4 Å². The first-order chi connectivity index (χ1) is 7.52. The number of ether oxygens (including phenoxy) is 1. The third-order valence-electron chi connectivity index (χ3n) is 5.77. The zero-order valence-electron chi connectivity index (χ0n) is 10.9. The van der Waals surface area contributed by atoms with Crippen LogP contribution in [-0.4, -0.2) is 11.2 Å². The van der Waals surface area contributed by atoms with Gasteiger partial charge in [0.25, 0.3) is 0 Å². The highest BCUT2D eigenvalue weighted by molar-refractivity contribution is 5.26. The van der Waals surface area contributed by atoms with Gasteiger partial charge < -0.3 is 4.74 Å². The molecule has 0 spiro atoms. The van der Waals surface area contributed by atoms with E-state index in [1.165, 1.54) is 37.7 Å². The minimum atomic E-state index is 0.243. The summed E-state index contributed by atoms with van der Waals surface area (Å²) in [5.74, 6) is 2.21. The maximum absolute atomic E-state index is 6.33. The van der Waals surface area contributed by atoms with Crippen LogP contribution in [0.4, 0.5) is 0 Å². The predicted octanol–water partition coefficient (Wildman–Crippen LogP) is 3.94. The van der Waals surface area contributed by atoms with Crippen LogP contribution in [0.1, 0.15) is 52.9 Å². The fraction of sp³-hybridized carbons (Fsp3) is 0.867. The molecule has 3 fully saturated rings. The Labute approximate surface area is 99.3 Å². The smallest absolute Gasteiger partial charge is 0.101 e. The second kappa shape index (κ2) is 3.13. The zero-order valence-corrected chi connectivity index (χ0v) is 10.9. The Kier molecular flexibility index (Phi) is 2.12. The molecule has 0 bridgehead atoms. The average molecular weight is 220 g/mol. The van der Waals surface area contributed by atoms with Gasteiger partial charge in [0.05, 0.1) is 0 Å². The van der Waals surface area contributed by atoms with Crippen molar-refractivity contribution in [2.24, 2.45) is 17.8 Å². The molecule has 0 aromatic rings. The van der Waals surface area contributed by atoms with Gasteiger partial charge in [0.15, 0.2) is 0 Å². The van der Waals surface area contributed by atoms with E-state index in [0.29, 0.717) is 5.92 Å². The second-order valence-electron chi connectivity index (χ2n) is 6.55. The molecular formula is C15H24O. The molecule has 1 heteroatoms. The maximum Gasteiger partial charge on any atom is 0.101 e. The summed E-state index contributed by atoms with van der Waals surface area (Å²) in [5, 5.41) is 0. The molecule has 0 aromatic heterocycles. The number of allylic oxidation sites excluding steroid dienone is 1. The van der Waals surface area contributed by atoms with Crippen molar-refractivity contribution in [3.05, 3.63) is 12.2 Å². The van der Waals surface area contributed by atoms with Crippen molar-refractivity contribution in [2.45, 2.75) is 64.1 Å². The topological polar surface area (TPSA) is 12.5 Å². The van der Waals surface area contributed by atoms with Crippen molar-refractivity contribution < 1.29 is 4.74 Å². The number of hydrogen-bond acceptors (Lipinski definition) is 1. The molecule has 16 heavy (non-hydrogen) atoms. The van der Waals surface area contributed by atoms with E-state index in [0.717, 1.165) is 11.8 Å². The SMILES string of the molecule is C=C(C)[C@@H]1CC[C@H](C)C23CC[C@H](C)C2(C1)O3. The molecule has 90 valence electrons. The molecule has 1 heterocycles. The lowest BCUT2D eigenvalue weighted by Crippen LogP contribution is -2.29. The van der Waals surface area contributed by atoms with Gasteiger partial charge in [-0.25, -0.2) is 0 Å². The van der Waals surface area contributed by atoms with Crippen molar-refractivity contribution >= 4 is 0 Å². The van der Waals surface area contributed by atoms with Gasteiger partial charge in [0.2, 0.25) is 0 Å². The Balaban J connectivity index is 1.92. The number of hydrogen-bond donors (Lipinski definition) is 0. The first kappa shape index (κ1) is 10.8. The number of epoxide rings is 1. The highest BCUT2D eigenvalue weighted by Gasteiger charge is 2.77. The monoisotopic (exact) mass is 220 g/mol. The molecule has 1 aliphatic heterocycles. The Morgan fingerprint density at radius 1 is 1.12 bits per heavy atom. The highest BCUT2D eigenvalue weighted by Crippen LogP contribution is 2.70. The van der Waals surface area contributed by atoms with Crippen LogP contribution in [0.25, 0.3) is 0 Å². The van der Waals surface area contributed by atoms with Crippen LogP contribution < -0.4 is 0 Å². The summed E-state index contributed by atoms with van der Waals surface area (Å²) in [7, 11) is 0. The van der Waals surface area contributed by atoms with Crippen molar-refractivity contribution in [3.63, 3.8) is 0 Å². The third kappa shape index (κ3) is 1.11. The van der Waals surface area contributed by atoms with Gasteiger partial charge in [-0.2, -0.15) is 0 Å². The fourth-order valence-electron chi connectivity index (χ4n) is 4.50. The van der Waals surface area contributed by atoms with Gasteiger partial charge in [-0.05, 0) is 56.8 Å². The standard InChI is InChI=1S/C15H24O/c1-10(2)13-6-5-11(3)14-8-7-12(4)15(14,9-13)16-14/h11-13H,1,5-9H2,2-4H3/t11-,12-,13+,14?,15?/m0/s1. The lowest BCUT2D eigenvalue weighted by molar-refractivity contribution is 0.124. The van der Waals surface area contributed by atoms with Crippen LogP contribution in [0.5, 0.6) is 0 Å². The molecule has 0 amide bonds. The Morgan fingerprint density at radius 3 is 2.50 bits per heavy atom. The van der Waals surface area contributed by atoms with Crippen LogP contribution in [0.3, 0.4) is 0 Å². The normalized spacial score (nSPS) is 55.1. The van der Waals surface area contributed by atoms with Gasteiger partial charge >= 0.3 is 0 Å². The van der Waals surface area contributed by atoms with E-state index in [4.69, 9.17) is 4.74 Å². The van der Waals surface area contributed by atoms with Gasteiger partial charge in [0, 0.05) is 0 Å². The average Bonchev–Trinajstić information content (AvgIpc) is 2.84. The van der Waals surface area contributed by atoms with Gasteiger partial charge in [-0.3, -0.25) is 0 Å². The molecule has 2 aliphatic carbocycles. The van der Waals surface area contributed by atoms with Gasteiger partial charge in [-0.15, -0.1) is 0 Å². The van der Waals surface area contributed by atoms with Crippen molar-refractivity contribution in [1.29, 1.82) is 0 Å². The van der Waals surface area contributed by atoms with Crippen LogP contribution >= 0.6 is 0 Å². The largest absolute Gasteiger partial charge is 0.362 e. The van der Waals surface area contributed by atoms with E-state index in [9.17, 15) is 0 Å². The molecule has 0 aromatic carbocycles. The predicted molar refractivity (Wildman–Crippen MR) is 66.3 cm³/mol. The molecule has 0 radical (unpaired) electrons. The second-order valence-corrected chi connectivity index (χ2v) is 6.55. The minimum absolute atomic E-state index is 0.243. The van der Waals surface area contributed by atoms with E-state index < -0.39 is 0 Å². The first-order valence-corrected chi connectivity index (χ1v) is 6.87. The van der Waals surface area contributed by atoms with Crippen molar-refractivity contribution in [1.82, 2.24) is 0 Å². The molecular weight excluding hydrogens is 196 g/mol. The van der Waals surface area contributed by atoms with Gasteiger partial charge in [-0.1, -0.05) is 26.0 Å². The van der Waals surface area contributed by atoms with E-state index in [-0.39, 0.29) is 11.2 Å². The Morgan fingerprint density at radius 2 is 1.81 bits per heavy atom. The van der Waals surface area contributed by atoms with Crippen molar-refractivity contribution in [2.75, 3.05) is 0 Å². The maximum atomic E-state index is 6.33. The lowest BCUT2D eigenvalue weighted by Gasteiger charge is -2.22. The first-order valence-electron chi connectivity index (χ1n) is 6.87. The number of rotatable bonds is 1.